The van der Waals surface area contributed by atoms with E-state index in [-0.39, 0.29) is 18.0 Å². The molecule has 2 atom stereocenters. The molecule has 2 N–H and O–H groups in total. The molecule has 22 heavy (non-hydrogen) atoms. The van der Waals surface area contributed by atoms with E-state index in [1.165, 1.54) is 5.56 Å². The lowest BCUT2D eigenvalue weighted by atomic mass is 10.1. The molecule has 0 bridgehead atoms. The minimum absolute atomic E-state index is 0.0488. The zero-order valence-electron chi connectivity index (χ0n) is 13.1. The number of hydrogen-bond acceptors (Lipinski definition) is 2. The standard InChI is InChI=1S/C18H21BrN2O/c1-12-9-10-17(16(19)11-12)21-18(22)14(3)20-13(2)15-7-5-4-6-8-15/h4-11,13-14,20H,1-3H3,(H,21,22)/t13-,14+/m0/s1. The van der Waals surface area contributed by atoms with Crippen molar-refractivity contribution in [1.82, 2.24) is 5.32 Å². The van der Waals surface area contributed by atoms with Gasteiger partial charge >= 0.3 is 0 Å². The lowest BCUT2D eigenvalue weighted by Gasteiger charge is -2.20. The van der Waals surface area contributed by atoms with E-state index in [0.29, 0.717) is 0 Å². The third-order valence-electron chi connectivity index (χ3n) is 3.58. The van der Waals surface area contributed by atoms with Crippen LogP contribution < -0.4 is 10.6 Å². The van der Waals surface area contributed by atoms with Crippen molar-refractivity contribution >= 4 is 27.5 Å². The smallest absolute Gasteiger partial charge is 0.241 e. The van der Waals surface area contributed by atoms with Gasteiger partial charge in [-0.05, 0) is 60.0 Å². The van der Waals surface area contributed by atoms with E-state index in [9.17, 15) is 4.79 Å². The van der Waals surface area contributed by atoms with Gasteiger partial charge in [0.05, 0.1) is 11.7 Å². The molecule has 0 aliphatic carbocycles. The number of nitrogens with one attached hydrogen (secondary N) is 2. The lowest BCUT2D eigenvalue weighted by molar-refractivity contribution is -0.117. The van der Waals surface area contributed by atoms with Gasteiger partial charge in [-0.1, -0.05) is 36.4 Å². The molecule has 0 spiro atoms. The van der Waals surface area contributed by atoms with E-state index < -0.39 is 0 Å². The maximum absolute atomic E-state index is 12.3. The van der Waals surface area contributed by atoms with E-state index >= 15 is 0 Å². The first-order valence-corrected chi connectivity index (χ1v) is 8.14. The minimum atomic E-state index is -0.289. The zero-order chi connectivity index (χ0) is 16.1. The van der Waals surface area contributed by atoms with E-state index in [0.717, 1.165) is 15.7 Å². The van der Waals surface area contributed by atoms with Crippen LogP contribution in [-0.2, 0) is 4.79 Å². The fourth-order valence-corrected chi connectivity index (χ4v) is 2.84. The Kier molecular flexibility index (Phi) is 5.75. The van der Waals surface area contributed by atoms with E-state index in [2.05, 4.69) is 45.6 Å². The first-order valence-electron chi connectivity index (χ1n) is 7.35. The van der Waals surface area contributed by atoms with E-state index in [4.69, 9.17) is 0 Å². The second kappa shape index (κ2) is 7.56. The average Bonchev–Trinajstić information content (AvgIpc) is 2.50. The third-order valence-corrected chi connectivity index (χ3v) is 4.23. The van der Waals surface area contributed by atoms with Gasteiger partial charge in [-0.3, -0.25) is 10.1 Å². The molecule has 1 amide bonds. The maximum atomic E-state index is 12.3. The Labute approximate surface area is 140 Å². The molecule has 0 unspecified atom stereocenters. The summed E-state index contributed by atoms with van der Waals surface area (Å²) in [5, 5.41) is 6.27. The second-order valence-electron chi connectivity index (χ2n) is 5.49. The van der Waals surface area contributed by atoms with Crippen LogP contribution in [0.1, 0.15) is 31.0 Å². The highest BCUT2D eigenvalue weighted by Gasteiger charge is 2.17. The lowest BCUT2D eigenvalue weighted by Crippen LogP contribution is -2.39. The highest BCUT2D eigenvalue weighted by molar-refractivity contribution is 9.10. The van der Waals surface area contributed by atoms with Crippen LogP contribution in [0.25, 0.3) is 0 Å². The molecule has 4 heteroatoms. The molecule has 116 valence electrons. The molecule has 0 aromatic heterocycles. The normalized spacial score (nSPS) is 13.5. The van der Waals surface area contributed by atoms with E-state index in [1.54, 1.807) is 0 Å². The van der Waals surface area contributed by atoms with Gasteiger partial charge < -0.3 is 5.32 Å². The predicted molar refractivity (Wildman–Crippen MR) is 95.0 cm³/mol. The zero-order valence-corrected chi connectivity index (χ0v) is 14.6. The molecule has 0 saturated heterocycles. The van der Waals surface area contributed by atoms with Crippen LogP contribution in [0.4, 0.5) is 5.69 Å². The summed E-state index contributed by atoms with van der Waals surface area (Å²) in [7, 11) is 0. The van der Waals surface area contributed by atoms with Crippen LogP contribution >= 0.6 is 15.9 Å². The van der Waals surface area contributed by atoms with Crippen LogP contribution in [-0.4, -0.2) is 11.9 Å². The highest BCUT2D eigenvalue weighted by Crippen LogP contribution is 2.23. The number of aryl methyl sites for hydroxylation is 1. The number of anilines is 1. The van der Waals surface area contributed by atoms with Crippen molar-refractivity contribution < 1.29 is 4.79 Å². The van der Waals surface area contributed by atoms with Gasteiger partial charge in [0.15, 0.2) is 0 Å². The number of carbonyl (C=O) groups excluding carboxylic acids is 1. The van der Waals surface area contributed by atoms with Crippen molar-refractivity contribution in [3.8, 4) is 0 Å². The van der Waals surface area contributed by atoms with Gasteiger partial charge in [0.2, 0.25) is 5.91 Å². The summed E-state index contributed by atoms with van der Waals surface area (Å²) in [5.41, 5.74) is 3.10. The Bertz CT molecular complexity index is 643. The van der Waals surface area contributed by atoms with Crippen molar-refractivity contribution in [2.75, 3.05) is 5.32 Å². The Hall–Kier alpha value is -1.65. The summed E-state index contributed by atoms with van der Waals surface area (Å²) >= 11 is 3.48. The van der Waals surface area contributed by atoms with Gasteiger partial charge in [-0.2, -0.15) is 0 Å². The summed E-state index contributed by atoms with van der Waals surface area (Å²) in [6, 6.07) is 15.8. The molecule has 0 saturated carbocycles. The summed E-state index contributed by atoms with van der Waals surface area (Å²) < 4.78 is 0.893. The van der Waals surface area contributed by atoms with Gasteiger partial charge in [-0.25, -0.2) is 0 Å². The molecule has 0 aliphatic rings. The number of rotatable bonds is 5. The number of benzene rings is 2. The van der Waals surface area contributed by atoms with Gasteiger partial charge in [0.25, 0.3) is 0 Å². The fraction of sp³-hybridized carbons (Fsp3) is 0.278. The summed E-state index contributed by atoms with van der Waals surface area (Å²) in [4.78, 5) is 12.3. The Morgan fingerprint density at radius 1 is 1.09 bits per heavy atom. The van der Waals surface area contributed by atoms with Crippen molar-refractivity contribution in [3.05, 3.63) is 64.1 Å². The molecular formula is C18H21BrN2O. The second-order valence-corrected chi connectivity index (χ2v) is 6.35. The molecule has 0 aliphatic heterocycles. The van der Waals surface area contributed by atoms with Gasteiger partial charge in [0.1, 0.15) is 0 Å². The van der Waals surface area contributed by atoms with Crippen molar-refractivity contribution in [1.29, 1.82) is 0 Å². The number of halogens is 1. The fourth-order valence-electron chi connectivity index (χ4n) is 2.25. The third kappa shape index (κ3) is 4.42. The minimum Gasteiger partial charge on any atom is -0.324 e. The van der Waals surface area contributed by atoms with Gasteiger partial charge in [0, 0.05) is 10.5 Å². The van der Waals surface area contributed by atoms with Crippen molar-refractivity contribution in [2.45, 2.75) is 32.9 Å². The predicted octanol–water partition coefficient (Wildman–Crippen LogP) is 4.44. The first kappa shape index (κ1) is 16.7. The van der Waals surface area contributed by atoms with Crippen molar-refractivity contribution in [3.63, 3.8) is 0 Å². The van der Waals surface area contributed by atoms with Crippen LogP contribution in [0.3, 0.4) is 0 Å². The van der Waals surface area contributed by atoms with Crippen LogP contribution in [0.15, 0.2) is 53.0 Å². The van der Waals surface area contributed by atoms with Crippen LogP contribution in [0.2, 0.25) is 0 Å². The number of hydrogen-bond donors (Lipinski definition) is 2. The summed E-state index contributed by atoms with van der Waals surface area (Å²) in [6.45, 7) is 5.94. The summed E-state index contributed by atoms with van der Waals surface area (Å²) in [5.74, 6) is -0.0488. The number of amides is 1. The first-order chi connectivity index (χ1) is 10.5. The molecule has 3 nitrogen and oxygen atoms in total. The van der Waals surface area contributed by atoms with Crippen molar-refractivity contribution in [2.24, 2.45) is 0 Å². The average molecular weight is 361 g/mol. The quantitative estimate of drug-likeness (QED) is 0.827. The molecule has 0 heterocycles. The van der Waals surface area contributed by atoms with Gasteiger partial charge in [-0.15, -0.1) is 0 Å². The molecule has 2 aromatic rings. The molecule has 2 rings (SSSR count). The Morgan fingerprint density at radius 3 is 2.41 bits per heavy atom. The molecule has 0 fully saturated rings. The highest BCUT2D eigenvalue weighted by atomic mass is 79.9. The van der Waals surface area contributed by atoms with Crippen LogP contribution in [0, 0.1) is 6.92 Å². The number of carbonyl (C=O) groups is 1. The summed E-state index contributed by atoms with van der Waals surface area (Å²) in [6.07, 6.45) is 0. The SMILES string of the molecule is Cc1ccc(NC(=O)[C@@H](C)N[C@@H](C)c2ccccc2)c(Br)c1. The molecular weight excluding hydrogens is 340 g/mol. The van der Waals surface area contributed by atoms with E-state index in [1.807, 2.05) is 50.2 Å². The maximum Gasteiger partial charge on any atom is 0.241 e. The van der Waals surface area contributed by atoms with Crippen LogP contribution in [0.5, 0.6) is 0 Å². The largest absolute Gasteiger partial charge is 0.324 e. The Morgan fingerprint density at radius 2 is 1.77 bits per heavy atom. The monoisotopic (exact) mass is 360 g/mol. The topological polar surface area (TPSA) is 41.1 Å². The molecule has 0 radical (unpaired) electrons. The molecule has 2 aromatic carbocycles. The Balaban J connectivity index is 1.97.